The molecule has 2 aromatic rings. The Bertz CT molecular complexity index is 679. The molecule has 3 heterocycles. The van der Waals surface area contributed by atoms with Crippen molar-refractivity contribution in [1.82, 2.24) is 15.1 Å². The molecule has 1 atom stereocenters. The van der Waals surface area contributed by atoms with Crippen molar-refractivity contribution < 1.29 is 4.42 Å². The van der Waals surface area contributed by atoms with E-state index < -0.39 is 0 Å². The second-order valence-corrected chi connectivity index (χ2v) is 7.11. The van der Waals surface area contributed by atoms with Gasteiger partial charge in [-0.3, -0.25) is 9.80 Å². The van der Waals surface area contributed by atoms with Gasteiger partial charge in [0.05, 0.1) is 6.54 Å². The number of benzene rings is 1. The van der Waals surface area contributed by atoms with E-state index in [1.54, 1.807) is 0 Å². The third kappa shape index (κ3) is 3.03. The zero-order valence-corrected chi connectivity index (χ0v) is 14.3. The molecule has 1 aromatic carbocycles. The molecular formula is C19H27N3O. The smallest absolute Gasteiger partial charge is 0.134 e. The van der Waals surface area contributed by atoms with E-state index in [-0.39, 0.29) is 0 Å². The lowest BCUT2D eigenvalue weighted by Gasteiger charge is -2.37. The van der Waals surface area contributed by atoms with Gasteiger partial charge in [-0.2, -0.15) is 0 Å². The second-order valence-electron chi connectivity index (χ2n) is 7.11. The van der Waals surface area contributed by atoms with Crippen LogP contribution in [0.15, 0.2) is 22.6 Å². The van der Waals surface area contributed by atoms with Crippen LogP contribution in [0, 0.1) is 13.8 Å². The highest BCUT2D eigenvalue weighted by Crippen LogP contribution is 2.27. The molecule has 1 N–H and O–H groups in total. The van der Waals surface area contributed by atoms with Crippen LogP contribution < -0.4 is 5.32 Å². The van der Waals surface area contributed by atoms with Crippen molar-refractivity contribution in [2.45, 2.75) is 32.9 Å². The first kappa shape index (κ1) is 15.2. The summed E-state index contributed by atoms with van der Waals surface area (Å²) in [6.07, 6.45) is 1.31. The Labute approximate surface area is 138 Å². The van der Waals surface area contributed by atoms with E-state index in [4.69, 9.17) is 4.42 Å². The summed E-state index contributed by atoms with van der Waals surface area (Å²) in [5.41, 5.74) is 3.64. The van der Waals surface area contributed by atoms with Crippen LogP contribution in [-0.4, -0.2) is 55.1 Å². The van der Waals surface area contributed by atoms with Gasteiger partial charge < -0.3 is 9.73 Å². The summed E-state index contributed by atoms with van der Waals surface area (Å²) in [4.78, 5) is 5.20. The third-order valence-electron chi connectivity index (χ3n) is 5.52. The lowest BCUT2D eigenvalue weighted by Crippen LogP contribution is -2.50. The number of nitrogens with zero attached hydrogens (tertiary/aromatic N) is 2. The fraction of sp³-hybridized carbons (Fsp3) is 0.579. The van der Waals surface area contributed by atoms with E-state index in [0.717, 1.165) is 37.0 Å². The van der Waals surface area contributed by atoms with Crippen molar-refractivity contribution in [3.05, 3.63) is 35.1 Å². The zero-order chi connectivity index (χ0) is 15.8. The summed E-state index contributed by atoms with van der Waals surface area (Å²) < 4.78 is 6.12. The molecule has 2 saturated heterocycles. The zero-order valence-electron chi connectivity index (χ0n) is 14.3. The fourth-order valence-electron chi connectivity index (χ4n) is 3.98. The van der Waals surface area contributed by atoms with E-state index in [2.05, 4.69) is 47.2 Å². The number of hydrogen-bond donors (Lipinski definition) is 1. The molecule has 0 spiro atoms. The van der Waals surface area contributed by atoms with Crippen LogP contribution in [0.2, 0.25) is 0 Å². The minimum atomic E-state index is 0.757. The Hall–Kier alpha value is -1.36. The van der Waals surface area contributed by atoms with Crippen LogP contribution in [0.5, 0.6) is 0 Å². The van der Waals surface area contributed by atoms with Crippen LogP contribution in [0.25, 0.3) is 11.0 Å². The summed E-state index contributed by atoms with van der Waals surface area (Å²) in [7, 11) is 0. The lowest BCUT2D eigenvalue weighted by molar-refractivity contribution is 0.0938. The monoisotopic (exact) mass is 313 g/mol. The molecule has 4 rings (SSSR count). The predicted molar refractivity (Wildman–Crippen MR) is 93.8 cm³/mol. The Morgan fingerprint density at radius 1 is 1.17 bits per heavy atom. The predicted octanol–water partition coefficient (Wildman–Crippen LogP) is 2.53. The van der Waals surface area contributed by atoms with Gasteiger partial charge in [-0.05, 0) is 44.5 Å². The molecule has 124 valence electrons. The van der Waals surface area contributed by atoms with Crippen molar-refractivity contribution in [2.24, 2.45) is 0 Å². The fourth-order valence-corrected chi connectivity index (χ4v) is 3.98. The molecule has 1 aromatic heterocycles. The number of hydrogen-bond acceptors (Lipinski definition) is 4. The van der Waals surface area contributed by atoms with Gasteiger partial charge in [-0.25, -0.2) is 0 Å². The minimum Gasteiger partial charge on any atom is -0.459 e. The summed E-state index contributed by atoms with van der Waals surface area (Å²) >= 11 is 0. The Morgan fingerprint density at radius 2 is 2.00 bits per heavy atom. The van der Waals surface area contributed by atoms with Gasteiger partial charge in [0, 0.05) is 44.2 Å². The lowest BCUT2D eigenvalue weighted by atomic mass is 10.1. The van der Waals surface area contributed by atoms with E-state index in [9.17, 15) is 0 Å². The van der Waals surface area contributed by atoms with Gasteiger partial charge in [-0.1, -0.05) is 11.6 Å². The van der Waals surface area contributed by atoms with E-state index >= 15 is 0 Å². The van der Waals surface area contributed by atoms with Crippen LogP contribution in [0.3, 0.4) is 0 Å². The highest BCUT2D eigenvalue weighted by molar-refractivity contribution is 5.82. The van der Waals surface area contributed by atoms with Gasteiger partial charge in [0.2, 0.25) is 0 Å². The number of nitrogens with one attached hydrogen (secondary N) is 1. The molecule has 0 radical (unpaired) electrons. The Kier molecular flexibility index (Phi) is 4.14. The first-order valence-corrected chi connectivity index (χ1v) is 8.86. The molecule has 0 amide bonds. The first-order valence-electron chi connectivity index (χ1n) is 8.86. The molecule has 2 fully saturated rings. The van der Waals surface area contributed by atoms with Gasteiger partial charge in [0.25, 0.3) is 0 Å². The van der Waals surface area contributed by atoms with Crippen molar-refractivity contribution >= 4 is 11.0 Å². The van der Waals surface area contributed by atoms with Gasteiger partial charge in [-0.15, -0.1) is 0 Å². The standard InChI is InChI=1S/C19H27N3O/c1-14-3-4-18-17(11-14)15(2)19(23-18)13-21-7-9-22(10-8-21)16-5-6-20-12-16/h3-4,11,16,20H,5-10,12-13H2,1-2H3/t16-/m0/s1. The molecule has 23 heavy (non-hydrogen) atoms. The SMILES string of the molecule is Cc1ccc2oc(CN3CCN([C@H]4CCNC4)CC3)c(C)c2c1. The highest BCUT2D eigenvalue weighted by atomic mass is 16.3. The van der Waals surface area contributed by atoms with Crippen LogP contribution in [-0.2, 0) is 6.54 Å². The molecular weight excluding hydrogens is 286 g/mol. The number of furan rings is 1. The van der Waals surface area contributed by atoms with Crippen molar-refractivity contribution in [2.75, 3.05) is 39.3 Å². The highest BCUT2D eigenvalue weighted by Gasteiger charge is 2.26. The molecule has 0 unspecified atom stereocenters. The summed E-state index contributed by atoms with van der Waals surface area (Å²) in [6, 6.07) is 7.23. The van der Waals surface area contributed by atoms with Crippen LogP contribution >= 0.6 is 0 Å². The van der Waals surface area contributed by atoms with Crippen LogP contribution in [0.4, 0.5) is 0 Å². The van der Waals surface area contributed by atoms with Crippen molar-refractivity contribution in [1.29, 1.82) is 0 Å². The maximum absolute atomic E-state index is 6.12. The normalized spacial score (nSPS) is 23.8. The molecule has 4 heteroatoms. The average Bonchev–Trinajstić information content (AvgIpc) is 3.19. The number of piperazine rings is 1. The Morgan fingerprint density at radius 3 is 2.74 bits per heavy atom. The quantitative estimate of drug-likeness (QED) is 0.943. The van der Waals surface area contributed by atoms with E-state index in [1.165, 1.54) is 49.1 Å². The summed E-state index contributed by atoms with van der Waals surface area (Å²) in [5, 5.41) is 4.75. The van der Waals surface area contributed by atoms with Gasteiger partial charge in [0.15, 0.2) is 0 Å². The van der Waals surface area contributed by atoms with E-state index in [1.807, 2.05) is 0 Å². The van der Waals surface area contributed by atoms with Crippen molar-refractivity contribution in [3.8, 4) is 0 Å². The summed E-state index contributed by atoms with van der Waals surface area (Å²) in [5.74, 6) is 1.14. The van der Waals surface area contributed by atoms with E-state index in [0.29, 0.717) is 0 Å². The summed E-state index contributed by atoms with van der Waals surface area (Å²) in [6.45, 7) is 12.3. The number of aryl methyl sites for hydroxylation is 2. The van der Waals surface area contributed by atoms with Gasteiger partial charge in [0.1, 0.15) is 11.3 Å². The second kappa shape index (κ2) is 6.27. The Balaban J connectivity index is 1.42. The number of fused-ring (bicyclic) bond motifs is 1. The minimum absolute atomic E-state index is 0.757. The number of rotatable bonds is 3. The average molecular weight is 313 g/mol. The largest absolute Gasteiger partial charge is 0.459 e. The molecule has 0 aliphatic carbocycles. The third-order valence-corrected chi connectivity index (χ3v) is 5.52. The van der Waals surface area contributed by atoms with Crippen molar-refractivity contribution in [3.63, 3.8) is 0 Å². The van der Waals surface area contributed by atoms with Gasteiger partial charge >= 0.3 is 0 Å². The molecule has 2 aliphatic heterocycles. The first-order chi connectivity index (χ1) is 11.2. The molecule has 2 aliphatic rings. The maximum Gasteiger partial charge on any atom is 0.134 e. The maximum atomic E-state index is 6.12. The molecule has 0 bridgehead atoms. The topological polar surface area (TPSA) is 31.7 Å². The molecule has 4 nitrogen and oxygen atoms in total. The van der Waals surface area contributed by atoms with Crippen LogP contribution in [0.1, 0.15) is 23.3 Å². The molecule has 0 saturated carbocycles.